The molecule has 4 aliphatic rings. The normalized spacial score (nSPS) is 20.1. The van der Waals surface area contributed by atoms with Crippen LogP contribution in [0.15, 0.2) is 131 Å². The van der Waals surface area contributed by atoms with Crippen LogP contribution < -0.4 is 0 Å². The molecule has 2 amide bonds. The number of ketones is 1. The lowest BCUT2D eigenvalue weighted by Gasteiger charge is -2.44. The second-order valence-corrected chi connectivity index (χ2v) is 17.1. The van der Waals surface area contributed by atoms with Crippen LogP contribution in [0, 0.1) is 20.2 Å². The molecule has 8 rings (SSSR count). The summed E-state index contributed by atoms with van der Waals surface area (Å²) in [6.45, 7) is 2.04. The summed E-state index contributed by atoms with van der Waals surface area (Å²) in [5.41, 5.74) is 2.44. The fourth-order valence-electron chi connectivity index (χ4n) is 7.14. The summed E-state index contributed by atoms with van der Waals surface area (Å²) in [4.78, 5) is 95.1. The zero-order chi connectivity index (χ0) is 45.7. The third-order valence-corrected chi connectivity index (χ3v) is 12.7. The number of nitrogens with zero attached hydrogens (tertiary/aromatic N) is 6. The summed E-state index contributed by atoms with van der Waals surface area (Å²) in [5, 5.41) is 32.6. The first-order chi connectivity index (χ1) is 30.7. The van der Waals surface area contributed by atoms with Gasteiger partial charge in [-0.1, -0.05) is 108 Å². The molecule has 0 spiro atoms. The second-order valence-electron chi connectivity index (χ2n) is 14.7. The van der Waals surface area contributed by atoms with Gasteiger partial charge < -0.3 is 19.5 Å². The van der Waals surface area contributed by atoms with Crippen molar-refractivity contribution in [3.05, 3.63) is 163 Å². The Morgan fingerprint density at radius 2 is 1.16 bits per heavy atom. The van der Waals surface area contributed by atoms with Gasteiger partial charge in [-0.3, -0.25) is 49.5 Å². The molecular weight excluding hydrogens is 869 g/mol. The molecule has 5 atom stereocenters. The standard InChI is InChI=1S/2C22H19N3O6S/c2*1-13(26)19(22(28)31-12-15-8-5-9-16(10-15)25(29)30)24-20(27)18-21(24)32-17(23-18)11-14-6-3-2-4-7-14/h2-10,18,21,26H,11-12H2,1H3;2-10,18-19,21H,11-12H2,1H3/b19-13+;. The molecule has 328 valence electrons. The summed E-state index contributed by atoms with van der Waals surface area (Å²) in [6, 6.07) is 28.2. The van der Waals surface area contributed by atoms with Crippen LogP contribution in [0.2, 0.25) is 0 Å². The van der Waals surface area contributed by atoms with Gasteiger partial charge in [-0.2, -0.15) is 0 Å². The number of aliphatic hydroxyl groups is 1. The number of esters is 2. The molecule has 4 heterocycles. The monoisotopic (exact) mass is 906 g/mol. The minimum absolute atomic E-state index is 0.126. The van der Waals surface area contributed by atoms with Gasteiger partial charge in [-0.05, 0) is 36.1 Å². The lowest BCUT2D eigenvalue weighted by Crippen LogP contribution is -2.67. The number of likely N-dealkylation sites (tertiary alicyclic amines) is 2. The number of amides is 2. The highest BCUT2D eigenvalue weighted by atomic mass is 32.2. The van der Waals surface area contributed by atoms with Crippen LogP contribution in [0.1, 0.15) is 36.1 Å². The highest BCUT2D eigenvalue weighted by Gasteiger charge is 2.58. The number of Topliss-reactive ketones (excluding diaryl/α,β-unsaturated/α-hetero) is 1. The number of benzene rings is 4. The van der Waals surface area contributed by atoms with E-state index in [0.717, 1.165) is 21.2 Å². The van der Waals surface area contributed by atoms with Crippen LogP contribution in [0.5, 0.6) is 0 Å². The van der Waals surface area contributed by atoms with E-state index in [1.54, 1.807) is 12.1 Å². The molecule has 20 heteroatoms. The Labute approximate surface area is 373 Å². The molecule has 0 aliphatic carbocycles. The predicted molar refractivity (Wildman–Crippen MR) is 235 cm³/mol. The number of carbonyl (C=O) groups excluding carboxylic acids is 5. The van der Waals surface area contributed by atoms with Crippen LogP contribution in [-0.4, -0.2) is 93.2 Å². The van der Waals surface area contributed by atoms with E-state index in [4.69, 9.17) is 9.47 Å². The molecule has 4 aliphatic heterocycles. The fourth-order valence-corrected chi connectivity index (χ4v) is 9.81. The van der Waals surface area contributed by atoms with Crippen molar-refractivity contribution >= 4 is 74.5 Å². The van der Waals surface area contributed by atoms with Crippen molar-refractivity contribution < 1.29 is 48.4 Å². The summed E-state index contributed by atoms with van der Waals surface area (Å²) >= 11 is 2.75. The molecule has 5 unspecified atom stereocenters. The number of non-ortho nitro benzene ring substituents is 2. The summed E-state index contributed by atoms with van der Waals surface area (Å²) < 4.78 is 10.5. The average Bonchev–Trinajstić information content (AvgIpc) is 3.85. The summed E-state index contributed by atoms with van der Waals surface area (Å²) in [5.74, 6) is -3.40. The average molecular weight is 907 g/mol. The number of β-lactam (4-membered cyclic amide) rings is 2. The van der Waals surface area contributed by atoms with Crippen LogP contribution in [0.3, 0.4) is 0 Å². The number of allylic oxidation sites excluding steroid dienone is 1. The first-order valence-corrected chi connectivity index (χ1v) is 21.4. The summed E-state index contributed by atoms with van der Waals surface area (Å²) in [6.07, 6.45) is 1.15. The van der Waals surface area contributed by atoms with Crippen LogP contribution in [0.4, 0.5) is 11.4 Å². The lowest BCUT2D eigenvalue weighted by molar-refractivity contribution is -0.385. The quantitative estimate of drug-likeness (QED) is 0.0279. The Kier molecular flexibility index (Phi) is 13.6. The molecule has 2 saturated heterocycles. The number of hydrogen-bond donors (Lipinski definition) is 1. The molecule has 1 N–H and O–H groups in total. The van der Waals surface area contributed by atoms with Crippen molar-refractivity contribution in [2.75, 3.05) is 0 Å². The number of nitro benzene ring substituents is 2. The van der Waals surface area contributed by atoms with Gasteiger partial charge in [-0.25, -0.2) is 9.59 Å². The molecule has 64 heavy (non-hydrogen) atoms. The Balaban J connectivity index is 0.000000191. The maximum Gasteiger partial charge on any atom is 0.358 e. The van der Waals surface area contributed by atoms with Gasteiger partial charge >= 0.3 is 11.9 Å². The lowest BCUT2D eigenvalue weighted by atomic mass is 10.0. The fraction of sp³-hybridized carbons (Fsp3) is 0.250. The molecule has 0 saturated carbocycles. The smallest absolute Gasteiger partial charge is 0.358 e. The van der Waals surface area contributed by atoms with Crippen LogP contribution in [0.25, 0.3) is 0 Å². The van der Waals surface area contributed by atoms with Gasteiger partial charge in [0.2, 0.25) is 0 Å². The van der Waals surface area contributed by atoms with E-state index in [1.165, 1.54) is 83.6 Å². The van der Waals surface area contributed by atoms with E-state index in [0.29, 0.717) is 24.0 Å². The van der Waals surface area contributed by atoms with Crippen molar-refractivity contribution in [1.29, 1.82) is 0 Å². The number of aliphatic imine (C=N–C) groups is 2. The molecule has 4 aromatic carbocycles. The molecule has 4 aromatic rings. The molecule has 2 fully saturated rings. The van der Waals surface area contributed by atoms with E-state index in [-0.39, 0.29) is 42.0 Å². The molecule has 0 radical (unpaired) electrons. The highest BCUT2D eigenvalue weighted by molar-refractivity contribution is 8.15. The van der Waals surface area contributed by atoms with Crippen molar-refractivity contribution in [2.45, 2.75) is 68.8 Å². The molecular formula is C44H38N6O12S2. The Morgan fingerprint density at radius 1 is 0.688 bits per heavy atom. The molecule has 0 aromatic heterocycles. The van der Waals surface area contributed by atoms with E-state index >= 15 is 0 Å². The molecule has 0 bridgehead atoms. The number of hydrogen-bond acceptors (Lipinski definition) is 16. The SMILES string of the molecule is C/C(O)=C(/C(=O)OCc1cccc([N+](=O)[O-])c1)N1C(=O)C2N=C(Cc3ccccc3)SC21.CC(=O)C(C(=O)OCc1cccc([N+](=O)[O-])c1)N1C(=O)C2N=C(Cc3ccccc3)SC21. The summed E-state index contributed by atoms with van der Waals surface area (Å²) in [7, 11) is 0. The van der Waals surface area contributed by atoms with E-state index in [1.807, 2.05) is 60.7 Å². The zero-order valence-corrected chi connectivity index (χ0v) is 35.7. The minimum atomic E-state index is -1.37. The largest absolute Gasteiger partial charge is 0.510 e. The van der Waals surface area contributed by atoms with Crippen LogP contribution >= 0.6 is 23.5 Å². The molecule has 18 nitrogen and oxygen atoms in total. The zero-order valence-electron chi connectivity index (χ0n) is 34.0. The Hall–Kier alpha value is -7.19. The van der Waals surface area contributed by atoms with Crippen molar-refractivity contribution in [2.24, 2.45) is 9.98 Å². The van der Waals surface area contributed by atoms with Crippen LogP contribution in [-0.2, 0) is 59.5 Å². The third kappa shape index (κ3) is 9.87. The predicted octanol–water partition coefficient (Wildman–Crippen LogP) is 5.87. The number of nitro groups is 2. The number of thioether (sulfide) groups is 2. The van der Waals surface area contributed by atoms with Gasteiger partial charge in [-0.15, -0.1) is 0 Å². The van der Waals surface area contributed by atoms with E-state index in [2.05, 4.69) is 9.98 Å². The number of ether oxygens (including phenoxy) is 2. The number of fused-ring (bicyclic) bond motifs is 2. The number of carbonyl (C=O) groups is 5. The third-order valence-electron chi connectivity index (χ3n) is 10.2. The van der Waals surface area contributed by atoms with Gasteiger partial charge in [0.25, 0.3) is 23.2 Å². The second kappa shape index (κ2) is 19.5. The van der Waals surface area contributed by atoms with Gasteiger partial charge in [0.1, 0.15) is 29.7 Å². The Morgan fingerprint density at radius 3 is 1.64 bits per heavy atom. The van der Waals surface area contributed by atoms with Crippen molar-refractivity contribution in [3.63, 3.8) is 0 Å². The van der Waals surface area contributed by atoms with Crippen molar-refractivity contribution in [1.82, 2.24) is 9.80 Å². The van der Waals surface area contributed by atoms with Gasteiger partial charge in [0.05, 0.1) is 19.9 Å². The van der Waals surface area contributed by atoms with Gasteiger partial charge in [0.15, 0.2) is 29.6 Å². The van der Waals surface area contributed by atoms with Crippen molar-refractivity contribution in [3.8, 4) is 0 Å². The number of aliphatic hydroxyl groups excluding tert-OH is 1. The highest BCUT2D eigenvalue weighted by Crippen LogP contribution is 2.43. The first kappa shape index (κ1) is 44.9. The van der Waals surface area contributed by atoms with Gasteiger partial charge in [0, 0.05) is 37.1 Å². The topological polar surface area (TPSA) is 242 Å². The van der Waals surface area contributed by atoms with E-state index < -0.39 is 62.3 Å². The maximum absolute atomic E-state index is 12.7. The van der Waals surface area contributed by atoms with E-state index in [9.17, 15) is 49.3 Å². The number of rotatable bonds is 15. The maximum atomic E-state index is 12.7. The minimum Gasteiger partial charge on any atom is -0.510 e. The first-order valence-electron chi connectivity index (χ1n) is 19.6. The Bertz CT molecular complexity index is 2620.